The Morgan fingerprint density at radius 2 is 1.68 bits per heavy atom. The van der Waals surface area contributed by atoms with Crippen molar-refractivity contribution in [2.75, 3.05) is 0 Å². The summed E-state index contributed by atoms with van der Waals surface area (Å²) < 4.78 is 53.5. The van der Waals surface area contributed by atoms with Gasteiger partial charge in [0.15, 0.2) is 0 Å². The Morgan fingerprint density at radius 3 is 2.43 bits per heavy atom. The standard InChI is InChI=1S/C24H28F4/c1-2-3-15-4-5-17-11-18(7-6-16(17)10-15)20-12-19-8-9-21(24(26,27)28)14-22(19)23(25)13-20/h8-9,12-18H,2-7,10-11H2,1H3/t15-,16?,17-,18?/m1/s1. The Hall–Kier alpha value is -1.58. The highest BCUT2D eigenvalue weighted by molar-refractivity contribution is 5.84. The van der Waals surface area contributed by atoms with Gasteiger partial charge in [-0.25, -0.2) is 4.39 Å². The van der Waals surface area contributed by atoms with Crippen LogP contribution in [0.4, 0.5) is 17.6 Å². The quantitative estimate of drug-likeness (QED) is 0.463. The first kappa shape index (κ1) is 19.7. The van der Waals surface area contributed by atoms with E-state index in [1.54, 1.807) is 0 Å². The molecule has 152 valence electrons. The van der Waals surface area contributed by atoms with Crippen LogP contribution in [-0.4, -0.2) is 0 Å². The van der Waals surface area contributed by atoms with Crippen molar-refractivity contribution in [2.45, 2.75) is 70.4 Å². The van der Waals surface area contributed by atoms with Crippen molar-refractivity contribution in [3.63, 3.8) is 0 Å². The Balaban J connectivity index is 1.54. The van der Waals surface area contributed by atoms with Crippen molar-refractivity contribution >= 4 is 10.8 Å². The fraction of sp³-hybridized carbons (Fsp3) is 0.583. The molecule has 4 heteroatoms. The lowest BCUT2D eigenvalue weighted by Gasteiger charge is -2.42. The van der Waals surface area contributed by atoms with Crippen LogP contribution in [0, 0.1) is 23.6 Å². The van der Waals surface area contributed by atoms with Gasteiger partial charge in [-0.2, -0.15) is 13.2 Å². The van der Waals surface area contributed by atoms with Gasteiger partial charge in [-0.15, -0.1) is 0 Å². The summed E-state index contributed by atoms with van der Waals surface area (Å²) in [6.45, 7) is 2.26. The van der Waals surface area contributed by atoms with E-state index in [9.17, 15) is 17.6 Å². The van der Waals surface area contributed by atoms with Crippen molar-refractivity contribution in [2.24, 2.45) is 17.8 Å². The highest BCUT2D eigenvalue weighted by Crippen LogP contribution is 2.48. The molecule has 2 saturated carbocycles. The second-order valence-corrected chi connectivity index (χ2v) is 8.93. The van der Waals surface area contributed by atoms with Gasteiger partial charge in [0.25, 0.3) is 0 Å². The summed E-state index contributed by atoms with van der Waals surface area (Å²) in [6, 6.07) is 6.78. The summed E-state index contributed by atoms with van der Waals surface area (Å²) in [6.07, 6.45) is 5.43. The minimum Gasteiger partial charge on any atom is -0.206 e. The maximum absolute atomic E-state index is 14.7. The number of hydrogen-bond acceptors (Lipinski definition) is 0. The Kier molecular flexibility index (Phi) is 5.41. The average molecular weight is 392 g/mol. The van der Waals surface area contributed by atoms with Crippen LogP contribution < -0.4 is 0 Å². The van der Waals surface area contributed by atoms with Crippen LogP contribution in [0.3, 0.4) is 0 Å². The van der Waals surface area contributed by atoms with Gasteiger partial charge in [0, 0.05) is 5.39 Å². The maximum Gasteiger partial charge on any atom is 0.416 e. The van der Waals surface area contributed by atoms with Gasteiger partial charge >= 0.3 is 6.18 Å². The van der Waals surface area contributed by atoms with Gasteiger partial charge in [-0.3, -0.25) is 0 Å². The fourth-order valence-corrected chi connectivity index (χ4v) is 5.71. The van der Waals surface area contributed by atoms with Gasteiger partial charge in [0.05, 0.1) is 5.56 Å². The zero-order valence-electron chi connectivity index (χ0n) is 16.4. The van der Waals surface area contributed by atoms with E-state index in [1.807, 2.05) is 6.07 Å². The van der Waals surface area contributed by atoms with Crippen LogP contribution in [0.2, 0.25) is 0 Å². The first-order chi connectivity index (χ1) is 13.3. The molecule has 2 aromatic rings. The SMILES string of the molecule is CCC[C@@H]1CC[C@@H]2CC(c3cc(F)c4cc(C(F)(F)F)ccc4c3)CCC2C1. The third-order valence-electron chi connectivity index (χ3n) is 7.14. The Bertz CT molecular complexity index is 838. The fourth-order valence-electron chi connectivity index (χ4n) is 5.71. The molecule has 0 saturated heterocycles. The number of hydrogen-bond donors (Lipinski definition) is 0. The second-order valence-electron chi connectivity index (χ2n) is 8.93. The molecule has 0 aliphatic heterocycles. The van der Waals surface area contributed by atoms with E-state index in [0.717, 1.165) is 48.3 Å². The molecule has 0 spiro atoms. The number of alkyl halides is 3. The molecule has 0 heterocycles. The third kappa shape index (κ3) is 3.92. The molecular formula is C24H28F4. The average Bonchev–Trinajstić information content (AvgIpc) is 2.66. The summed E-state index contributed by atoms with van der Waals surface area (Å²) in [5, 5.41) is 0.629. The lowest BCUT2D eigenvalue weighted by Crippen LogP contribution is -2.30. The smallest absolute Gasteiger partial charge is 0.206 e. The molecule has 4 rings (SSSR count). The first-order valence-electron chi connectivity index (χ1n) is 10.7. The van der Waals surface area contributed by atoms with Crippen molar-refractivity contribution in [3.05, 3.63) is 47.3 Å². The normalized spacial score (nSPS) is 28.3. The van der Waals surface area contributed by atoms with Gasteiger partial charge in [0.2, 0.25) is 0 Å². The third-order valence-corrected chi connectivity index (χ3v) is 7.14. The van der Waals surface area contributed by atoms with Crippen molar-refractivity contribution < 1.29 is 17.6 Å². The van der Waals surface area contributed by atoms with E-state index in [4.69, 9.17) is 0 Å². The van der Waals surface area contributed by atoms with E-state index >= 15 is 0 Å². The summed E-state index contributed by atoms with van der Waals surface area (Å²) in [5.41, 5.74) is 0.162. The molecular weight excluding hydrogens is 364 g/mol. The first-order valence-corrected chi connectivity index (χ1v) is 10.7. The topological polar surface area (TPSA) is 0 Å². The molecule has 2 fully saturated rings. The summed E-state index contributed by atoms with van der Waals surface area (Å²) in [5.74, 6) is 2.20. The maximum atomic E-state index is 14.7. The molecule has 4 atom stereocenters. The predicted octanol–water partition coefficient (Wildman–Crippen LogP) is 8.10. The van der Waals surface area contributed by atoms with E-state index in [2.05, 4.69) is 6.92 Å². The van der Waals surface area contributed by atoms with Gasteiger partial charge in [0.1, 0.15) is 5.82 Å². The minimum atomic E-state index is -4.45. The van der Waals surface area contributed by atoms with E-state index in [0.29, 0.717) is 11.3 Å². The molecule has 2 unspecified atom stereocenters. The second kappa shape index (κ2) is 7.68. The van der Waals surface area contributed by atoms with Crippen molar-refractivity contribution in [1.29, 1.82) is 0 Å². The lowest BCUT2D eigenvalue weighted by molar-refractivity contribution is -0.137. The molecule has 2 aliphatic rings. The van der Waals surface area contributed by atoms with Crippen molar-refractivity contribution in [1.82, 2.24) is 0 Å². The largest absolute Gasteiger partial charge is 0.416 e. The van der Waals surface area contributed by atoms with E-state index < -0.39 is 17.6 Å². The van der Waals surface area contributed by atoms with Crippen LogP contribution >= 0.6 is 0 Å². The van der Waals surface area contributed by atoms with E-state index in [1.165, 1.54) is 50.7 Å². The monoisotopic (exact) mass is 392 g/mol. The molecule has 0 nitrogen and oxygen atoms in total. The van der Waals surface area contributed by atoms with Crippen LogP contribution in [-0.2, 0) is 6.18 Å². The highest BCUT2D eigenvalue weighted by atomic mass is 19.4. The molecule has 2 aliphatic carbocycles. The van der Waals surface area contributed by atoms with Crippen molar-refractivity contribution in [3.8, 4) is 0 Å². The van der Waals surface area contributed by atoms with Crippen LogP contribution in [0.25, 0.3) is 10.8 Å². The molecule has 0 N–H and O–H groups in total. The molecule has 28 heavy (non-hydrogen) atoms. The zero-order chi connectivity index (χ0) is 19.9. The molecule has 0 radical (unpaired) electrons. The predicted molar refractivity (Wildman–Crippen MR) is 105 cm³/mol. The number of halogens is 4. The minimum absolute atomic E-state index is 0.0623. The Morgan fingerprint density at radius 1 is 0.929 bits per heavy atom. The summed E-state index contributed by atoms with van der Waals surface area (Å²) in [4.78, 5) is 0. The number of fused-ring (bicyclic) bond motifs is 2. The van der Waals surface area contributed by atoms with Gasteiger partial charge < -0.3 is 0 Å². The van der Waals surface area contributed by atoms with Gasteiger partial charge in [-0.05, 0) is 84.9 Å². The highest BCUT2D eigenvalue weighted by Gasteiger charge is 2.36. The molecule has 0 bridgehead atoms. The summed E-state index contributed by atoms with van der Waals surface area (Å²) >= 11 is 0. The van der Waals surface area contributed by atoms with Gasteiger partial charge in [-0.1, -0.05) is 38.3 Å². The zero-order valence-corrected chi connectivity index (χ0v) is 16.4. The molecule has 0 aromatic heterocycles. The lowest BCUT2D eigenvalue weighted by atomic mass is 9.63. The number of benzene rings is 2. The van der Waals surface area contributed by atoms with Crippen LogP contribution in [0.5, 0.6) is 0 Å². The Labute approximate surface area is 164 Å². The van der Waals surface area contributed by atoms with E-state index in [-0.39, 0.29) is 5.39 Å². The number of rotatable bonds is 3. The summed E-state index contributed by atoms with van der Waals surface area (Å²) in [7, 11) is 0. The van der Waals surface area contributed by atoms with Crippen LogP contribution in [0.15, 0.2) is 30.3 Å². The molecule has 0 amide bonds. The van der Waals surface area contributed by atoms with Crippen LogP contribution in [0.1, 0.15) is 75.3 Å². The molecule has 2 aromatic carbocycles.